The molecule has 28 heavy (non-hydrogen) atoms. The van der Waals surface area contributed by atoms with Crippen LogP contribution >= 0.6 is 15.9 Å². The molecule has 6 nitrogen and oxygen atoms in total. The first-order valence-corrected chi connectivity index (χ1v) is 15.0. The third-order valence-corrected chi connectivity index (χ3v) is 7.73. The molecule has 0 spiro atoms. The van der Waals surface area contributed by atoms with Crippen molar-refractivity contribution in [1.82, 2.24) is 9.55 Å². The van der Waals surface area contributed by atoms with E-state index in [1.165, 1.54) is 6.07 Å². The van der Waals surface area contributed by atoms with Gasteiger partial charge in [-0.3, -0.25) is 0 Å². The normalized spacial score (nSPS) is 12.6. The average Bonchev–Trinajstić information content (AvgIpc) is 2.97. The predicted molar refractivity (Wildman–Crippen MR) is 118 cm³/mol. The van der Waals surface area contributed by atoms with Gasteiger partial charge in [-0.2, -0.15) is 0 Å². The number of sulfonamides is 1. The van der Waals surface area contributed by atoms with E-state index in [0.717, 1.165) is 32.8 Å². The van der Waals surface area contributed by atoms with E-state index in [4.69, 9.17) is 9.88 Å². The number of benzene rings is 1. The lowest BCUT2D eigenvalue weighted by molar-refractivity contribution is 0.0909. The van der Waals surface area contributed by atoms with Crippen molar-refractivity contribution >= 4 is 45.1 Å². The van der Waals surface area contributed by atoms with Crippen molar-refractivity contribution in [3.8, 4) is 11.3 Å². The number of ether oxygens (including phenoxy) is 1. The van der Waals surface area contributed by atoms with Gasteiger partial charge in [-0.25, -0.2) is 18.5 Å². The van der Waals surface area contributed by atoms with Crippen LogP contribution in [0.4, 0.5) is 0 Å². The van der Waals surface area contributed by atoms with Gasteiger partial charge in [0.15, 0.2) is 0 Å². The van der Waals surface area contributed by atoms with Gasteiger partial charge in [0.1, 0.15) is 12.4 Å². The molecule has 0 aliphatic heterocycles. The molecule has 0 atom stereocenters. The maximum Gasteiger partial charge on any atom is 0.238 e. The van der Waals surface area contributed by atoms with E-state index in [1.54, 1.807) is 18.3 Å². The van der Waals surface area contributed by atoms with Crippen molar-refractivity contribution in [2.24, 2.45) is 5.14 Å². The van der Waals surface area contributed by atoms with Crippen LogP contribution in [0.25, 0.3) is 22.3 Å². The van der Waals surface area contributed by atoms with Gasteiger partial charge in [0.05, 0.1) is 10.6 Å². The highest BCUT2D eigenvalue weighted by Gasteiger charge is 2.17. The van der Waals surface area contributed by atoms with Crippen LogP contribution in [-0.4, -0.2) is 32.6 Å². The topological polar surface area (TPSA) is 87.2 Å². The summed E-state index contributed by atoms with van der Waals surface area (Å²) in [4.78, 5) is 4.58. The maximum absolute atomic E-state index is 11.8. The third kappa shape index (κ3) is 4.90. The summed E-state index contributed by atoms with van der Waals surface area (Å²) >= 11 is 3.57. The van der Waals surface area contributed by atoms with E-state index in [9.17, 15) is 8.42 Å². The number of aromatic nitrogens is 2. The molecule has 0 aliphatic rings. The van der Waals surface area contributed by atoms with Crippen LogP contribution in [0.1, 0.15) is 0 Å². The van der Waals surface area contributed by atoms with Gasteiger partial charge in [0.2, 0.25) is 10.0 Å². The molecule has 2 heterocycles. The lowest BCUT2D eigenvalue weighted by Crippen LogP contribution is -2.22. The molecule has 1 aromatic carbocycles. The molecular formula is C19H24BrN3O3SSi. The zero-order valence-electron chi connectivity index (χ0n) is 16.1. The fraction of sp³-hybridized carbons (Fsp3) is 0.316. The minimum Gasteiger partial charge on any atom is -0.361 e. The average molecular weight is 482 g/mol. The van der Waals surface area contributed by atoms with E-state index in [2.05, 4.69) is 40.6 Å². The lowest BCUT2D eigenvalue weighted by atomic mass is 10.1. The highest BCUT2D eigenvalue weighted by atomic mass is 79.9. The van der Waals surface area contributed by atoms with Crippen LogP contribution in [0, 0.1) is 0 Å². The summed E-state index contributed by atoms with van der Waals surface area (Å²) in [5.41, 5.74) is 2.34. The number of hydrogen-bond donors (Lipinski definition) is 1. The highest BCUT2D eigenvalue weighted by Crippen LogP contribution is 2.32. The van der Waals surface area contributed by atoms with Crippen molar-refractivity contribution in [2.75, 3.05) is 6.61 Å². The van der Waals surface area contributed by atoms with Crippen LogP contribution in [-0.2, 0) is 21.5 Å². The molecule has 150 valence electrons. The first-order chi connectivity index (χ1) is 13.1. The predicted octanol–water partition coefficient (Wildman–Crippen LogP) is 4.43. The number of rotatable bonds is 7. The summed E-state index contributed by atoms with van der Waals surface area (Å²) in [6.45, 7) is 7.95. The van der Waals surface area contributed by atoms with Crippen molar-refractivity contribution in [3.63, 3.8) is 0 Å². The Balaban J connectivity index is 2.03. The van der Waals surface area contributed by atoms with Crippen LogP contribution in [0.2, 0.25) is 25.7 Å². The third-order valence-electron chi connectivity index (χ3n) is 4.42. The van der Waals surface area contributed by atoms with Crippen molar-refractivity contribution in [3.05, 3.63) is 47.1 Å². The molecule has 0 aliphatic carbocycles. The molecule has 0 radical (unpaired) electrons. The van der Waals surface area contributed by atoms with Crippen LogP contribution in [0.5, 0.6) is 0 Å². The molecule has 9 heteroatoms. The minimum absolute atomic E-state index is 0.0773. The maximum atomic E-state index is 11.8. The Morgan fingerprint density at radius 3 is 2.64 bits per heavy atom. The number of nitrogens with zero attached hydrogens (tertiary/aromatic N) is 2. The Kier molecular flexibility index (Phi) is 6.11. The number of fused-ring (bicyclic) bond motifs is 1. The van der Waals surface area contributed by atoms with Crippen molar-refractivity contribution < 1.29 is 13.2 Å². The molecule has 0 unspecified atom stereocenters. The van der Waals surface area contributed by atoms with Gasteiger partial charge in [-0.1, -0.05) is 31.8 Å². The minimum atomic E-state index is -3.78. The molecule has 2 N–H and O–H groups in total. The summed E-state index contributed by atoms with van der Waals surface area (Å²) in [6, 6.07) is 11.5. The van der Waals surface area contributed by atoms with Crippen molar-refractivity contribution in [2.45, 2.75) is 37.3 Å². The van der Waals surface area contributed by atoms with Gasteiger partial charge < -0.3 is 9.30 Å². The molecule has 0 saturated heterocycles. The van der Waals surface area contributed by atoms with Gasteiger partial charge in [-0.05, 0) is 51.8 Å². The van der Waals surface area contributed by atoms with Crippen LogP contribution < -0.4 is 5.14 Å². The second-order valence-corrected chi connectivity index (χ2v) is 15.9. The van der Waals surface area contributed by atoms with Crippen molar-refractivity contribution in [1.29, 1.82) is 0 Å². The van der Waals surface area contributed by atoms with E-state index in [0.29, 0.717) is 13.3 Å². The Morgan fingerprint density at radius 1 is 1.21 bits per heavy atom. The second-order valence-electron chi connectivity index (χ2n) is 7.91. The lowest BCUT2D eigenvalue weighted by Gasteiger charge is -2.17. The summed E-state index contributed by atoms with van der Waals surface area (Å²) in [5, 5.41) is 6.24. The number of nitrogens with two attached hydrogens (primary N) is 1. The fourth-order valence-electron chi connectivity index (χ4n) is 2.85. The summed E-state index contributed by atoms with van der Waals surface area (Å²) in [5.74, 6) is 0. The molecule has 0 saturated carbocycles. The van der Waals surface area contributed by atoms with E-state index >= 15 is 0 Å². The van der Waals surface area contributed by atoms with E-state index in [1.807, 2.05) is 22.8 Å². The number of primary sulfonamides is 1. The molecule has 3 aromatic rings. The van der Waals surface area contributed by atoms with Gasteiger partial charge in [0.25, 0.3) is 0 Å². The SMILES string of the molecule is C[Si](C)(C)CCOCn1c(-c2cccc(S(N)(=O)=O)c2)cc2c(Br)ccnc21. The Morgan fingerprint density at radius 2 is 1.96 bits per heavy atom. The van der Waals surface area contributed by atoms with E-state index in [-0.39, 0.29) is 4.90 Å². The zero-order valence-corrected chi connectivity index (χ0v) is 19.5. The number of halogens is 1. The molecule has 3 rings (SSSR count). The molecule has 0 fully saturated rings. The summed E-state index contributed by atoms with van der Waals surface area (Å²) in [6.07, 6.45) is 1.73. The van der Waals surface area contributed by atoms with Gasteiger partial charge in [0, 0.05) is 30.7 Å². The summed E-state index contributed by atoms with van der Waals surface area (Å²) in [7, 11) is -4.97. The molecular weight excluding hydrogens is 458 g/mol. The largest absolute Gasteiger partial charge is 0.361 e. The first-order valence-electron chi connectivity index (χ1n) is 8.91. The Hall–Kier alpha value is -1.52. The van der Waals surface area contributed by atoms with Gasteiger partial charge >= 0.3 is 0 Å². The molecule has 2 aromatic heterocycles. The smallest absolute Gasteiger partial charge is 0.238 e. The standard InChI is InChI=1S/C19H24BrN3O3SSi/c1-28(2,3)10-9-26-13-23-18(12-16-17(20)7-8-22-19(16)23)14-5-4-6-15(11-14)27(21,24)25/h4-8,11-12H,9-10,13H2,1-3H3,(H2,21,24,25). The van der Waals surface area contributed by atoms with Crippen LogP contribution in [0.3, 0.4) is 0 Å². The number of hydrogen-bond acceptors (Lipinski definition) is 4. The van der Waals surface area contributed by atoms with Gasteiger partial charge in [-0.15, -0.1) is 0 Å². The Labute approximate surface area is 174 Å². The highest BCUT2D eigenvalue weighted by molar-refractivity contribution is 9.10. The number of pyridine rings is 1. The molecule has 0 bridgehead atoms. The first kappa shape index (κ1) is 21.2. The quantitative estimate of drug-likeness (QED) is 0.399. The Bertz CT molecular complexity index is 1110. The van der Waals surface area contributed by atoms with E-state index < -0.39 is 18.1 Å². The second kappa shape index (κ2) is 8.07. The molecule has 0 amide bonds. The zero-order chi connectivity index (χ0) is 20.5. The monoisotopic (exact) mass is 481 g/mol. The fourth-order valence-corrected chi connectivity index (χ4v) is 4.58. The summed E-state index contributed by atoms with van der Waals surface area (Å²) < 4.78 is 32.4. The van der Waals surface area contributed by atoms with Crippen LogP contribution in [0.15, 0.2) is 52.0 Å².